The number of hydrogen-bond donors (Lipinski definition) is 3. The van der Waals surface area contributed by atoms with E-state index < -0.39 is 5.97 Å². The number of thiophene rings is 1. The molecule has 1 heterocycles. The Kier molecular flexibility index (Phi) is 7.92. The van der Waals surface area contributed by atoms with Crippen molar-refractivity contribution in [3.8, 4) is 0 Å². The van der Waals surface area contributed by atoms with Crippen molar-refractivity contribution in [3.05, 3.63) is 45.8 Å². The number of nitrogens with one attached hydrogen (secondary N) is 3. The Bertz CT molecular complexity index is 890. The molecule has 3 N–H and O–H groups in total. The summed E-state index contributed by atoms with van der Waals surface area (Å²) in [6.45, 7) is 7.96. The van der Waals surface area contributed by atoms with E-state index in [2.05, 4.69) is 10.6 Å². The van der Waals surface area contributed by atoms with Gasteiger partial charge in [-0.25, -0.2) is 4.79 Å². The highest BCUT2D eigenvalue weighted by Gasteiger charge is 2.23. The number of amides is 2. The molecule has 0 aliphatic heterocycles. The van der Waals surface area contributed by atoms with Crippen LogP contribution in [0.3, 0.4) is 0 Å². The molecule has 0 aliphatic rings. The van der Waals surface area contributed by atoms with Crippen LogP contribution in [0.15, 0.2) is 24.3 Å². The third-order valence-electron chi connectivity index (χ3n) is 4.38. The number of rotatable bonds is 8. The molecule has 1 aromatic heterocycles. The van der Waals surface area contributed by atoms with Gasteiger partial charge in [-0.3, -0.25) is 9.59 Å². The van der Waals surface area contributed by atoms with E-state index in [1.54, 1.807) is 14.0 Å². The van der Waals surface area contributed by atoms with Gasteiger partial charge in [0.2, 0.25) is 0 Å². The van der Waals surface area contributed by atoms with Crippen LogP contribution in [-0.2, 0) is 14.3 Å². The smallest absolute Gasteiger partial charge is 0.341 e. The van der Waals surface area contributed by atoms with Crippen LogP contribution in [0.25, 0.3) is 0 Å². The number of hydrogen-bond acceptors (Lipinski definition) is 5. The highest BCUT2D eigenvalue weighted by atomic mass is 32.1. The molecule has 0 bridgehead atoms. The molecule has 1 aromatic carbocycles. The van der Waals surface area contributed by atoms with Crippen LogP contribution in [0.2, 0.25) is 0 Å². The summed E-state index contributed by atoms with van der Waals surface area (Å²) in [5.74, 6) is -0.880. The Hall–Kier alpha value is -2.71. The first-order valence-corrected chi connectivity index (χ1v) is 10.3. The van der Waals surface area contributed by atoms with Crippen molar-refractivity contribution in [2.75, 3.05) is 37.4 Å². The predicted octanol–water partition coefficient (Wildman–Crippen LogP) is 1.94. The molecule has 8 heteroatoms. The van der Waals surface area contributed by atoms with Crippen LogP contribution in [0.4, 0.5) is 10.7 Å². The van der Waals surface area contributed by atoms with Gasteiger partial charge in [0.25, 0.3) is 11.8 Å². The van der Waals surface area contributed by atoms with Crippen molar-refractivity contribution < 1.29 is 24.0 Å². The fraction of sp³-hybridized carbons (Fsp3) is 0.381. The lowest BCUT2D eigenvalue weighted by Crippen LogP contribution is -3.11. The minimum absolute atomic E-state index is 0.0968. The number of aryl methyl sites for hydroxylation is 2. The van der Waals surface area contributed by atoms with E-state index in [9.17, 15) is 14.4 Å². The van der Waals surface area contributed by atoms with Gasteiger partial charge in [-0.05, 0) is 45.4 Å². The van der Waals surface area contributed by atoms with Crippen molar-refractivity contribution in [2.45, 2.75) is 27.7 Å². The van der Waals surface area contributed by atoms with Crippen molar-refractivity contribution in [1.82, 2.24) is 0 Å². The second-order valence-electron chi connectivity index (χ2n) is 6.98. The first-order chi connectivity index (χ1) is 13.7. The molecule has 0 saturated heterocycles. The summed E-state index contributed by atoms with van der Waals surface area (Å²) in [6.07, 6.45) is 0. The monoisotopic (exact) mass is 418 g/mol. The minimum Gasteiger partial charge on any atom is -0.462 e. The maximum atomic E-state index is 12.4. The van der Waals surface area contributed by atoms with Gasteiger partial charge in [0.15, 0.2) is 13.1 Å². The molecule has 0 aliphatic carbocycles. The lowest BCUT2D eigenvalue weighted by Gasteiger charge is -2.14. The van der Waals surface area contributed by atoms with Crippen LogP contribution in [0.1, 0.15) is 33.3 Å². The fourth-order valence-corrected chi connectivity index (χ4v) is 3.85. The summed E-state index contributed by atoms with van der Waals surface area (Å²) in [5.41, 5.74) is 3.05. The van der Waals surface area contributed by atoms with Gasteiger partial charge < -0.3 is 20.3 Å². The Morgan fingerprint density at radius 2 is 1.59 bits per heavy atom. The Morgan fingerprint density at radius 3 is 2.17 bits per heavy atom. The first kappa shape index (κ1) is 22.6. The Morgan fingerprint density at radius 1 is 1.00 bits per heavy atom. The van der Waals surface area contributed by atoms with Crippen LogP contribution in [-0.4, -0.2) is 44.5 Å². The highest BCUT2D eigenvalue weighted by Crippen LogP contribution is 2.32. The number of carbonyl (C=O) groups is 3. The second kappa shape index (κ2) is 10.2. The first-order valence-electron chi connectivity index (χ1n) is 9.46. The Labute approximate surface area is 175 Å². The summed E-state index contributed by atoms with van der Waals surface area (Å²) in [7, 11) is 1.77. The highest BCUT2D eigenvalue weighted by molar-refractivity contribution is 7.16. The lowest BCUT2D eigenvalue weighted by molar-refractivity contribution is -0.862. The molecule has 1 atom stereocenters. The van der Waals surface area contributed by atoms with Crippen molar-refractivity contribution in [2.24, 2.45) is 0 Å². The third kappa shape index (κ3) is 6.40. The maximum absolute atomic E-state index is 12.4. The number of ether oxygens (including phenoxy) is 1. The molecule has 2 aromatic rings. The van der Waals surface area contributed by atoms with Gasteiger partial charge in [0, 0.05) is 10.6 Å². The van der Waals surface area contributed by atoms with Crippen LogP contribution < -0.4 is 15.5 Å². The van der Waals surface area contributed by atoms with Crippen LogP contribution in [0, 0.1) is 20.8 Å². The minimum atomic E-state index is -0.442. The van der Waals surface area contributed by atoms with Gasteiger partial charge in [-0.1, -0.05) is 17.7 Å². The standard InChI is InChI=1S/C21H27N3O4S/c1-6-28-21(27)19-14(3)15(4)29-20(19)23-18(26)12-24(5)11-17(25)22-16-9-7-13(2)8-10-16/h7-10H,6,11-12H2,1-5H3,(H,22,25)(H,23,26)/p+1. The summed E-state index contributed by atoms with van der Waals surface area (Å²) in [4.78, 5) is 38.5. The molecule has 0 fully saturated rings. The van der Waals surface area contributed by atoms with E-state index >= 15 is 0 Å². The molecular weight excluding hydrogens is 390 g/mol. The average molecular weight is 419 g/mol. The second-order valence-corrected chi connectivity index (χ2v) is 8.21. The van der Waals surface area contributed by atoms with Crippen molar-refractivity contribution in [1.29, 1.82) is 0 Å². The topological polar surface area (TPSA) is 88.9 Å². The molecule has 0 saturated carbocycles. The molecule has 0 radical (unpaired) electrons. The van der Waals surface area contributed by atoms with Gasteiger partial charge >= 0.3 is 5.97 Å². The maximum Gasteiger partial charge on any atom is 0.341 e. The normalized spacial score (nSPS) is 11.6. The number of benzene rings is 1. The molecule has 0 spiro atoms. The summed E-state index contributed by atoms with van der Waals surface area (Å²) in [6, 6.07) is 7.53. The molecule has 29 heavy (non-hydrogen) atoms. The molecule has 1 unspecified atom stereocenters. The van der Waals surface area contributed by atoms with Crippen LogP contribution >= 0.6 is 11.3 Å². The zero-order valence-electron chi connectivity index (χ0n) is 17.5. The average Bonchev–Trinajstić information content (AvgIpc) is 2.90. The number of esters is 1. The number of quaternary nitrogens is 1. The molecular formula is C21H28N3O4S+. The van der Waals surface area contributed by atoms with Crippen LogP contribution in [0.5, 0.6) is 0 Å². The van der Waals surface area contributed by atoms with E-state index in [1.807, 2.05) is 45.0 Å². The van der Waals surface area contributed by atoms with Crippen molar-refractivity contribution >= 4 is 39.8 Å². The van der Waals surface area contributed by atoms with E-state index in [0.29, 0.717) is 10.6 Å². The summed E-state index contributed by atoms with van der Waals surface area (Å²) < 4.78 is 5.10. The predicted molar refractivity (Wildman–Crippen MR) is 115 cm³/mol. The molecule has 156 valence electrons. The van der Waals surface area contributed by atoms with Crippen molar-refractivity contribution in [3.63, 3.8) is 0 Å². The SMILES string of the molecule is CCOC(=O)c1c(NC(=O)C[NH+](C)CC(=O)Nc2ccc(C)cc2)sc(C)c1C. The zero-order chi connectivity index (χ0) is 21.6. The zero-order valence-corrected chi connectivity index (χ0v) is 18.3. The molecule has 2 amide bonds. The number of anilines is 2. The number of likely N-dealkylation sites (N-methyl/N-ethyl adjacent to an activating group) is 1. The third-order valence-corrected chi connectivity index (χ3v) is 5.50. The van der Waals surface area contributed by atoms with Gasteiger partial charge in [0.05, 0.1) is 19.2 Å². The van der Waals surface area contributed by atoms with E-state index in [0.717, 1.165) is 26.6 Å². The molecule has 2 rings (SSSR count). The summed E-state index contributed by atoms with van der Waals surface area (Å²) >= 11 is 1.35. The van der Waals surface area contributed by atoms with Gasteiger partial charge in [-0.2, -0.15) is 0 Å². The quantitative estimate of drug-likeness (QED) is 0.572. The van der Waals surface area contributed by atoms with Gasteiger partial charge in [-0.15, -0.1) is 11.3 Å². The number of carbonyl (C=O) groups excluding carboxylic acids is 3. The molecule has 7 nitrogen and oxygen atoms in total. The Balaban J connectivity index is 1.93. The van der Waals surface area contributed by atoms with E-state index in [-0.39, 0.29) is 31.5 Å². The largest absolute Gasteiger partial charge is 0.462 e. The van der Waals surface area contributed by atoms with Gasteiger partial charge in [0.1, 0.15) is 5.00 Å². The van der Waals surface area contributed by atoms with E-state index in [1.165, 1.54) is 11.3 Å². The lowest BCUT2D eigenvalue weighted by atomic mass is 10.1. The van der Waals surface area contributed by atoms with E-state index in [4.69, 9.17) is 4.74 Å². The summed E-state index contributed by atoms with van der Waals surface area (Å²) in [5, 5.41) is 6.11. The fourth-order valence-electron chi connectivity index (χ4n) is 2.79.